The van der Waals surface area contributed by atoms with Crippen LogP contribution in [-0.4, -0.2) is 23.8 Å². The van der Waals surface area contributed by atoms with Crippen LogP contribution in [0.15, 0.2) is 22.7 Å². The zero-order chi connectivity index (χ0) is 13.3. The zero-order valence-electron chi connectivity index (χ0n) is 10.0. The molecule has 1 aromatic heterocycles. The number of ether oxygens (including phenoxy) is 1. The molecule has 0 bridgehead atoms. The van der Waals surface area contributed by atoms with Crippen LogP contribution in [0.25, 0.3) is 10.9 Å². The molecule has 94 valence electrons. The number of nitrogens with one attached hydrogen (secondary N) is 1. The van der Waals surface area contributed by atoms with Crippen molar-refractivity contribution < 1.29 is 14.3 Å². The van der Waals surface area contributed by atoms with Gasteiger partial charge < -0.3 is 9.72 Å². The van der Waals surface area contributed by atoms with Gasteiger partial charge in [-0.05, 0) is 25.1 Å². The van der Waals surface area contributed by atoms with Crippen molar-refractivity contribution >= 4 is 38.6 Å². The van der Waals surface area contributed by atoms with Gasteiger partial charge in [0.15, 0.2) is 5.78 Å². The zero-order valence-corrected chi connectivity index (χ0v) is 11.6. The van der Waals surface area contributed by atoms with Crippen LogP contribution in [0.3, 0.4) is 0 Å². The quantitative estimate of drug-likeness (QED) is 0.538. The Labute approximate surface area is 112 Å². The first kappa shape index (κ1) is 12.8. The molecule has 0 amide bonds. The number of aromatic amines is 1. The minimum Gasteiger partial charge on any atom is -0.469 e. The molecule has 0 aliphatic rings. The summed E-state index contributed by atoms with van der Waals surface area (Å²) in [5.41, 5.74) is 2.19. The smallest absolute Gasteiger partial charge is 0.313 e. The van der Waals surface area contributed by atoms with Crippen LogP contribution < -0.4 is 0 Å². The van der Waals surface area contributed by atoms with E-state index in [0.29, 0.717) is 5.56 Å². The molecule has 1 heterocycles. The van der Waals surface area contributed by atoms with Crippen molar-refractivity contribution in [1.82, 2.24) is 4.98 Å². The molecule has 0 radical (unpaired) electrons. The largest absolute Gasteiger partial charge is 0.469 e. The molecular weight excluding hydrogens is 298 g/mol. The fourth-order valence-electron chi connectivity index (χ4n) is 1.95. The van der Waals surface area contributed by atoms with Crippen molar-refractivity contribution in [1.29, 1.82) is 0 Å². The van der Waals surface area contributed by atoms with Crippen LogP contribution in [0, 0.1) is 6.92 Å². The first-order valence-corrected chi connectivity index (χ1v) is 6.20. The van der Waals surface area contributed by atoms with Crippen LogP contribution >= 0.6 is 15.9 Å². The van der Waals surface area contributed by atoms with E-state index in [-0.39, 0.29) is 12.2 Å². The van der Waals surface area contributed by atoms with Gasteiger partial charge in [0.2, 0.25) is 0 Å². The molecular formula is C13H12BrNO3. The molecule has 0 saturated heterocycles. The molecule has 1 aromatic carbocycles. The highest BCUT2D eigenvalue weighted by atomic mass is 79.9. The number of ketones is 1. The summed E-state index contributed by atoms with van der Waals surface area (Å²) in [6, 6.07) is 5.65. The van der Waals surface area contributed by atoms with Crippen molar-refractivity contribution in [3.8, 4) is 0 Å². The van der Waals surface area contributed by atoms with E-state index in [9.17, 15) is 9.59 Å². The fourth-order valence-corrected chi connectivity index (χ4v) is 2.31. The maximum atomic E-state index is 12.1. The van der Waals surface area contributed by atoms with Gasteiger partial charge in [0.05, 0.1) is 7.11 Å². The number of carbonyl (C=O) groups is 2. The molecule has 0 aliphatic heterocycles. The van der Waals surface area contributed by atoms with Gasteiger partial charge in [0.1, 0.15) is 6.42 Å². The van der Waals surface area contributed by atoms with E-state index >= 15 is 0 Å². The molecule has 4 nitrogen and oxygen atoms in total. The lowest BCUT2D eigenvalue weighted by atomic mass is 10.0. The van der Waals surface area contributed by atoms with Crippen molar-refractivity contribution in [3.63, 3.8) is 0 Å². The van der Waals surface area contributed by atoms with Gasteiger partial charge in [-0.25, -0.2) is 0 Å². The summed E-state index contributed by atoms with van der Waals surface area (Å²) in [4.78, 5) is 26.4. The second kappa shape index (κ2) is 4.94. The van der Waals surface area contributed by atoms with Gasteiger partial charge >= 0.3 is 5.97 Å². The number of methoxy groups -OCH3 is 1. The minimum absolute atomic E-state index is 0.233. The first-order chi connectivity index (χ1) is 8.52. The van der Waals surface area contributed by atoms with E-state index in [1.807, 2.05) is 25.1 Å². The number of rotatable bonds is 3. The number of carbonyl (C=O) groups excluding carboxylic acids is 2. The summed E-state index contributed by atoms with van der Waals surface area (Å²) in [5, 5.41) is 0.816. The number of aryl methyl sites for hydroxylation is 1. The van der Waals surface area contributed by atoms with Crippen LogP contribution in [0.5, 0.6) is 0 Å². The molecule has 2 aromatic rings. The Balaban J connectivity index is 2.49. The molecule has 18 heavy (non-hydrogen) atoms. The number of halogens is 1. The summed E-state index contributed by atoms with van der Waals surface area (Å²) in [5.74, 6) is -0.757. The van der Waals surface area contributed by atoms with E-state index in [4.69, 9.17) is 0 Å². The maximum absolute atomic E-state index is 12.1. The predicted molar refractivity (Wildman–Crippen MR) is 71.7 cm³/mol. The number of fused-ring (bicyclic) bond motifs is 1. The molecule has 0 fully saturated rings. The van der Waals surface area contributed by atoms with Gasteiger partial charge in [0.25, 0.3) is 0 Å². The number of esters is 1. The second-order valence-electron chi connectivity index (χ2n) is 3.99. The Bertz CT molecular complexity index is 630. The maximum Gasteiger partial charge on any atom is 0.313 e. The third kappa shape index (κ3) is 2.31. The number of H-pyrrole nitrogens is 1. The monoisotopic (exact) mass is 309 g/mol. The van der Waals surface area contributed by atoms with E-state index < -0.39 is 5.97 Å². The molecule has 5 heteroatoms. The van der Waals surface area contributed by atoms with Crippen molar-refractivity contribution in [2.75, 3.05) is 7.11 Å². The Morgan fingerprint density at radius 3 is 2.78 bits per heavy atom. The fraction of sp³-hybridized carbons (Fsp3) is 0.231. The number of aromatic nitrogens is 1. The summed E-state index contributed by atoms with van der Waals surface area (Å²) >= 11 is 3.37. The normalized spacial score (nSPS) is 10.6. The van der Waals surface area contributed by atoms with E-state index in [2.05, 4.69) is 25.7 Å². The Kier molecular flexibility index (Phi) is 3.52. The first-order valence-electron chi connectivity index (χ1n) is 5.40. The standard InChI is InChI=1S/C13H12BrNO3/c1-7-13(11(16)6-12(17)18-2)9-5-8(14)3-4-10(9)15-7/h3-5,15H,6H2,1-2H3. The number of hydrogen-bond donors (Lipinski definition) is 1. The third-order valence-electron chi connectivity index (χ3n) is 2.76. The molecule has 0 aliphatic carbocycles. The van der Waals surface area contributed by atoms with Crippen LogP contribution in [0.4, 0.5) is 0 Å². The number of hydrogen-bond acceptors (Lipinski definition) is 3. The SMILES string of the molecule is COC(=O)CC(=O)c1c(C)[nH]c2ccc(Br)cc12. The second-order valence-corrected chi connectivity index (χ2v) is 4.91. The highest BCUT2D eigenvalue weighted by molar-refractivity contribution is 9.10. The molecule has 1 N–H and O–H groups in total. The lowest BCUT2D eigenvalue weighted by Gasteiger charge is -2.00. The average molecular weight is 310 g/mol. The van der Waals surface area contributed by atoms with E-state index in [1.54, 1.807) is 0 Å². The lowest BCUT2D eigenvalue weighted by molar-refractivity contribution is -0.139. The molecule has 0 unspecified atom stereocenters. The topological polar surface area (TPSA) is 59.2 Å². The minimum atomic E-state index is -0.524. The molecule has 2 rings (SSSR count). The van der Waals surface area contributed by atoms with Crippen molar-refractivity contribution in [3.05, 3.63) is 33.9 Å². The lowest BCUT2D eigenvalue weighted by Crippen LogP contribution is -2.10. The molecule has 0 saturated carbocycles. The number of Topliss-reactive ketones (excluding diaryl/α,β-unsaturated/α-hetero) is 1. The Hall–Kier alpha value is -1.62. The van der Waals surface area contributed by atoms with Gasteiger partial charge in [-0.15, -0.1) is 0 Å². The average Bonchev–Trinajstić information content (AvgIpc) is 2.64. The Morgan fingerprint density at radius 2 is 2.11 bits per heavy atom. The summed E-state index contributed by atoms with van der Waals surface area (Å²) in [6.45, 7) is 1.82. The van der Waals surface area contributed by atoms with Crippen LogP contribution in [0.2, 0.25) is 0 Å². The van der Waals surface area contributed by atoms with E-state index in [1.165, 1.54) is 7.11 Å². The number of benzene rings is 1. The van der Waals surface area contributed by atoms with Crippen LogP contribution in [0.1, 0.15) is 22.5 Å². The molecule has 0 spiro atoms. The third-order valence-corrected chi connectivity index (χ3v) is 3.25. The van der Waals surface area contributed by atoms with Crippen molar-refractivity contribution in [2.24, 2.45) is 0 Å². The van der Waals surface area contributed by atoms with Gasteiger partial charge in [-0.1, -0.05) is 15.9 Å². The summed E-state index contributed by atoms with van der Waals surface area (Å²) < 4.78 is 5.41. The summed E-state index contributed by atoms with van der Waals surface area (Å²) in [6.07, 6.45) is -0.239. The Morgan fingerprint density at radius 1 is 1.39 bits per heavy atom. The highest BCUT2D eigenvalue weighted by Crippen LogP contribution is 2.26. The van der Waals surface area contributed by atoms with E-state index in [0.717, 1.165) is 21.1 Å². The van der Waals surface area contributed by atoms with Crippen LogP contribution in [-0.2, 0) is 9.53 Å². The van der Waals surface area contributed by atoms with Gasteiger partial charge in [-0.3, -0.25) is 9.59 Å². The molecule has 0 atom stereocenters. The van der Waals surface area contributed by atoms with Crippen molar-refractivity contribution in [2.45, 2.75) is 13.3 Å². The highest BCUT2D eigenvalue weighted by Gasteiger charge is 2.19. The summed E-state index contributed by atoms with van der Waals surface area (Å²) in [7, 11) is 1.27. The van der Waals surface area contributed by atoms with Gasteiger partial charge in [-0.2, -0.15) is 0 Å². The predicted octanol–water partition coefficient (Wildman–Crippen LogP) is 2.98. The van der Waals surface area contributed by atoms with Gasteiger partial charge in [0, 0.05) is 26.6 Å².